The van der Waals surface area contributed by atoms with Crippen molar-refractivity contribution in [2.75, 3.05) is 6.61 Å². The molecule has 1 aliphatic heterocycles. The number of rotatable bonds is 0. The summed E-state index contributed by atoms with van der Waals surface area (Å²) in [4.78, 5) is 0. The molecular weight excluding hydrogens is 102 g/mol. The van der Waals surface area contributed by atoms with Gasteiger partial charge in [-0.2, -0.15) is 0 Å². The standard InChI is InChI=1S/C6H13NO/c1-4-3-8-5(2)6(4)7/h4-6H,3,7H2,1-2H3/t4?,5-,6-/m0/s1. The topological polar surface area (TPSA) is 35.2 Å². The van der Waals surface area contributed by atoms with Gasteiger partial charge in [0.2, 0.25) is 0 Å². The van der Waals surface area contributed by atoms with Crippen molar-refractivity contribution in [1.29, 1.82) is 0 Å². The quantitative estimate of drug-likeness (QED) is 0.495. The summed E-state index contributed by atoms with van der Waals surface area (Å²) in [5.74, 6) is 0.546. The lowest BCUT2D eigenvalue weighted by atomic mass is 10.0. The predicted molar refractivity (Wildman–Crippen MR) is 32.6 cm³/mol. The average molecular weight is 115 g/mol. The first kappa shape index (κ1) is 6.05. The molecular formula is C6H13NO. The van der Waals surface area contributed by atoms with Crippen LogP contribution >= 0.6 is 0 Å². The summed E-state index contributed by atoms with van der Waals surface area (Å²) < 4.78 is 5.25. The van der Waals surface area contributed by atoms with Gasteiger partial charge < -0.3 is 10.5 Å². The van der Waals surface area contributed by atoms with E-state index in [-0.39, 0.29) is 12.1 Å². The Labute approximate surface area is 50.0 Å². The van der Waals surface area contributed by atoms with Crippen molar-refractivity contribution in [2.45, 2.75) is 26.0 Å². The fraction of sp³-hybridized carbons (Fsp3) is 1.00. The highest BCUT2D eigenvalue weighted by atomic mass is 16.5. The smallest absolute Gasteiger partial charge is 0.0701 e. The second-order valence-electron chi connectivity index (χ2n) is 2.59. The van der Waals surface area contributed by atoms with E-state index >= 15 is 0 Å². The van der Waals surface area contributed by atoms with Crippen LogP contribution in [0.3, 0.4) is 0 Å². The minimum Gasteiger partial charge on any atom is -0.377 e. The number of hydrogen-bond acceptors (Lipinski definition) is 2. The highest BCUT2D eigenvalue weighted by molar-refractivity contribution is 4.80. The highest BCUT2D eigenvalue weighted by Gasteiger charge is 2.27. The van der Waals surface area contributed by atoms with Crippen LogP contribution in [-0.2, 0) is 4.74 Å². The van der Waals surface area contributed by atoms with E-state index in [1.807, 2.05) is 6.92 Å². The van der Waals surface area contributed by atoms with E-state index in [1.165, 1.54) is 0 Å². The molecule has 1 rings (SSSR count). The fourth-order valence-corrected chi connectivity index (χ4v) is 0.988. The average Bonchev–Trinajstić information content (AvgIpc) is 1.98. The predicted octanol–water partition coefficient (Wildman–Crippen LogP) is 0.369. The molecule has 1 heterocycles. The van der Waals surface area contributed by atoms with Crippen LogP contribution in [0, 0.1) is 5.92 Å². The monoisotopic (exact) mass is 115 g/mol. The summed E-state index contributed by atoms with van der Waals surface area (Å²) in [5, 5.41) is 0. The molecule has 0 aliphatic carbocycles. The molecule has 48 valence electrons. The van der Waals surface area contributed by atoms with Gasteiger partial charge in [-0.25, -0.2) is 0 Å². The Hall–Kier alpha value is -0.0800. The van der Waals surface area contributed by atoms with E-state index in [1.54, 1.807) is 0 Å². The molecule has 1 aliphatic rings. The van der Waals surface area contributed by atoms with E-state index in [4.69, 9.17) is 10.5 Å². The van der Waals surface area contributed by atoms with Gasteiger partial charge in [0.1, 0.15) is 0 Å². The van der Waals surface area contributed by atoms with E-state index in [9.17, 15) is 0 Å². The lowest BCUT2D eigenvalue weighted by molar-refractivity contribution is 0.116. The molecule has 1 saturated heterocycles. The normalized spacial score (nSPS) is 47.6. The summed E-state index contributed by atoms with van der Waals surface area (Å²) in [5.41, 5.74) is 5.70. The number of ether oxygens (including phenoxy) is 1. The number of hydrogen-bond donors (Lipinski definition) is 1. The van der Waals surface area contributed by atoms with Crippen molar-refractivity contribution in [3.8, 4) is 0 Å². The first-order valence-electron chi connectivity index (χ1n) is 3.09. The van der Waals surface area contributed by atoms with E-state index < -0.39 is 0 Å². The van der Waals surface area contributed by atoms with Gasteiger partial charge in [-0.15, -0.1) is 0 Å². The Morgan fingerprint density at radius 2 is 2.12 bits per heavy atom. The molecule has 2 N–H and O–H groups in total. The lowest BCUT2D eigenvalue weighted by Crippen LogP contribution is -2.32. The molecule has 2 heteroatoms. The maximum absolute atomic E-state index is 5.70. The molecule has 2 nitrogen and oxygen atoms in total. The van der Waals surface area contributed by atoms with Crippen molar-refractivity contribution < 1.29 is 4.74 Å². The first-order valence-corrected chi connectivity index (χ1v) is 3.09. The minimum atomic E-state index is 0.259. The maximum Gasteiger partial charge on any atom is 0.0701 e. The maximum atomic E-state index is 5.70. The fourth-order valence-electron chi connectivity index (χ4n) is 0.988. The molecule has 0 saturated carbocycles. The van der Waals surface area contributed by atoms with Crippen molar-refractivity contribution in [2.24, 2.45) is 11.7 Å². The highest BCUT2D eigenvalue weighted by Crippen LogP contribution is 2.16. The molecule has 0 spiro atoms. The van der Waals surface area contributed by atoms with Gasteiger partial charge in [-0.1, -0.05) is 6.92 Å². The third kappa shape index (κ3) is 0.858. The van der Waals surface area contributed by atoms with E-state index in [2.05, 4.69) is 6.92 Å². The van der Waals surface area contributed by atoms with Gasteiger partial charge in [-0.3, -0.25) is 0 Å². The van der Waals surface area contributed by atoms with Crippen LogP contribution in [0.1, 0.15) is 13.8 Å². The van der Waals surface area contributed by atoms with Gasteiger partial charge in [-0.05, 0) is 12.8 Å². The molecule has 0 amide bonds. The summed E-state index contributed by atoms with van der Waals surface area (Å²) in [6, 6.07) is 0.259. The Bertz CT molecular complexity index is 74.6. The Balaban J connectivity index is 2.44. The Kier molecular flexibility index (Phi) is 1.54. The molecule has 1 fully saturated rings. The molecule has 8 heavy (non-hydrogen) atoms. The first-order chi connectivity index (χ1) is 3.72. The van der Waals surface area contributed by atoms with Crippen molar-refractivity contribution >= 4 is 0 Å². The van der Waals surface area contributed by atoms with Gasteiger partial charge in [0.15, 0.2) is 0 Å². The van der Waals surface area contributed by atoms with Crippen LogP contribution < -0.4 is 5.73 Å². The molecule has 1 unspecified atom stereocenters. The lowest BCUT2D eigenvalue weighted by Gasteiger charge is -2.09. The van der Waals surface area contributed by atoms with Crippen LogP contribution in [0.25, 0.3) is 0 Å². The summed E-state index contributed by atoms with van der Waals surface area (Å²) in [6.45, 7) is 4.98. The van der Waals surface area contributed by atoms with Gasteiger partial charge in [0, 0.05) is 6.04 Å². The van der Waals surface area contributed by atoms with Crippen molar-refractivity contribution in [3.63, 3.8) is 0 Å². The zero-order valence-corrected chi connectivity index (χ0v) is 5.42. The largest absolute Gasteiger partial charge is 0.377 e. The summed E-state index contributed by atoms with van der Waals surface area (Å²) in [6.07, 6.45) is 0.269. The minimum absolute atomic E-state index is 0.259. The third-order valence-corrected chi connectivity index (χ3v) is 1.82. The van der Waals surface area contributed by atoms with E-state index in [0.717, 1.165) is 6.61 Å². The van der Waals surface area contributed by atoms with E-state index in [0.29, 0.717) is 5.92 Å². The van der Waals surface area contributed by atoms with Gasteiger partial charge in [0.05, 0.1) is 12.7 Å². The Morgan fingerprint density at radius 1 is 1.50 bits per heavy atom. The van der Waals surface area contributed by atoms with Crippen LogP contribution in [0.2, 0.25) is 0 Å². The SMILES string of the molecule is CC1CO[C@@H](C)[C@H]1N. The van der Waals surface area contributed by atoms with Crippen molar-refractivity contribution in [3.05, 3.63) is 0 Å². The number of nitrogens with two attached hydrogens (primary N) is 1. The zero-order valence-electron chi connectivity index (χ0n) is 5.42. The third-order valence-electron chi connectivity index (χ3n) is 1.82. The summed E-state index contributed by atoms with van der Waals surface area (Å²) in [7, 11) is 0. The molecule has 0 bridgehead atoms. The molecule has 0 aromatic carbocycles. The second-order valence-corrected chi connectivity index (χ2v) is 2.59. The van der Waals surface area contributed by atoms with Gasteiger partial charge in [0.25, 0.3) is 0 Å². The van der Waals surface area contributed by atoms with Crippen molar-refractivity contribution in [1.82, 2.24) is 0 Å². The van der Waals surface area contributed by atoms with Crippen LogP contribution in [0.4, 0.5) is 0 Å². The zero-order chi connectivity index (χ0) is 6.15. The molecule has 0 aromatic heterocycles. The summed E-state index contributed by atoms with van der Waals surface area (Å²) >= 11 is 0. The second kappa shape index (κ2) is 2.03. The molecule has 0 radical (unpaired) electrons. The van der Waals surface area contributed by atoms with Crippen LogP contribution in [0.15, 0.2) is 0 Å². The van der Waals surface area contributed by atoms with Crippen LogP contribution in [-0.4, -0.2) is 18.8 Å². The van der Waals surface area contributed by atoms with Gasteiger partial charge >= 0.3 is 0 Å². The van der Waals surface area contributed by atoms with Crippen LogP contribution in [0.5, 0.6) is 0 Å². The molecule has 3 atom stereocenters. The molecule has 0 aromatic rings. The Morgan fingerprint density at radius 3 is 2.25 bits per heavy atom.